The van der Waals surface area contributed by atoms with Crippen LogP contribution in [-0.4, -0.2) is 18.0 Å². The molecule has 12 heteroatoms. The molecule has 59 heavy (non-hydrogen) atoms. The topological polar surface area (TPSA) is 74.2 Å². The first-order valence-corrected chi connectivity index (χ1v) is 19.6. The Kier molecular flexibility index (Phi) is 12.2. The highest BCUT2D eigenvalue weighted by atomic mass is 31.1. The molecule has 298 valence electrons. The van der Waals surface area contributed by atoms with Crippen molar-refractivity contribution < 1.29 is 50.8 Å². The van der Waals surface area contributed by atoms with Gasteiger partial charge in [-0.05, 0) is 91.7 Å². The van der Waals surface area contributed by atoms with Crippen molar-refractivity contribution in [2.24, 2.45) is 0 Å². The fourth-order valence-corrected chi connectivity index (χ4v) is 9.14. The minimum Gasteiger partial charge on any atom is -0.507 e. The first-order chi connectivity index (χ1) is 28.5. The summed E-state index contributed by atoms with van der Waals surface area (Å²) >= 11 is 0. The Morgan fingerprint density at radius 3 is 1.39 bits per heavy atom. The molecule has 0 spiro atoms. The van der Waals surface area contributed by atoms with Gasteiger partial charge >= 0.3 is 0 Å². The van der Waals surface area contributed by atoms with Gasteiger partial charge in [0.05, 0.1) is 23.3 Å². The second kappa shape index (κ2) is 17.8. The highest BCUT2D eigenvalue weighted by Gasteiger charge is 2.36. The van der Waals surface area contributed by atoms with Crippen LogP contribution in [0.4, 0.5) is 22.0 Å². The smallest absolute Gasteiger partial charge is 0.200 e. The van der Waals surface area contributed by atoms with Gasteiger partial charge < -0.3 is 28.8 Å². The Bertz CT molecular complexity index is 2540. The van der Waals surface area contributed by atoms with Crippen LogP contribution in [0.1, 0.15) is 18.9 Å². The average molecular weight is 821 g/mol. The van der Waals surface area contributed by atoms with E-state index in [0.717, 1.165) is 6.07 Å². The van der Waals surface area contributed by atoms with Crippen LogP contribution in [0.15, 0.2) is 140 Å². The molecular weight excluding hydrogens is 786 g/mol. The van der Waals surface area contributed by atoms with E-state index >= 15 is 8.78 Å². The minimum atomic E-state index is -2.38. The third kappa shape index (κ3) is 8.61. The number of halogens is 5. The lowest BCUT2D eigenvalue weighted by Crippen LogP contribution is -2.26. The Hall–Kier alpha value is -6.71. The van der Waals surface area contributed by atoms with Gasteiger partial charge in [-0.2, -0.15) is 0 Å². The van der Waals surface area contributed by atoms with Gasteiger partial charge in [-0.15, -0.1) is 0 Å². The van der Waals surface area contributed by atoms with Crippen molar-refractivity contribution in [1.82, 2.24) is 0 Å². The molecule has 0 saturated heterocycles. The average Bonchev–Trinajstić information content (AvgIpc) is 3.25. The zero-order valence-corrected chi connectivity index (χ0v) is 32.4. The van der Waals surface area contributed by atoms with Crippen molar-refractivity contribution in [2.75, 3.05) is 7.11 Å². The minimum absolute atomic E-state index is 0.0248. The zero-order chi connectivity index (χ0) is 41.6. The summed E-state index contributed by atoms with van der Waals surface area (Å²) in [5, 5.41) is 13.0. The predicted octanol–water partition coefficient (Wildman–Crippen LogP) is 11.4. The SMILES string of the molecule is COc1cccc(Oc2ccccc2)c1P(c1cc(CCC(C)=O)cc(-c2c(F)c(F)c(F)c(F)c2F)c1O)c1c(Oc2ccccc2)cccc1Oc1ccccc1. The van der Waals surface area contributed by atoms with Crippen LogP contribution in [-0.2, 0) is 11.2 Å². The molecule has 0 aliphatic heterocycles. The molecule has 7 aromatic carbocycles. The number of aryl methyl sites for hydroxylation is 1. The molecule has 0 amide bonds. The second-order valence-electron chi connectivity index (χ2n) is 13.1. The first-order valence-electron chi connectivity index (χ1n) is 18.2. The van der Waals surface area contributed by atoms with Gasteiger partial charge in [0, 0.05) is 25.2 Å². The molecular formula is C47H34F5O6P. The van der Waals surface area contributed by atoms with Gasteiger partial charge in [0.1, 0.15) is 51.8 Å². The lowest BCUT2D eigenvalue weighted by molar-refractivity contribution is -0.116. The quantitative estimate of drug-likeness (QED) is 0.0510. The summed E-state index contributed by atoms with van der Waals surface area (Å²) in [7, 11) is -0.949. The molecule has 1 N–H and O–H groups in total. The number of aromatic hydroxyl groups is 1. The summed E-state index contributed by atoms with van der Waals surface area (Å²) in [5.74, 6) is -9.92. The Morgan fingerprint density at radius 1 is 0.559 bits per heavy atom. The van der Waals surface area contributed by atoms with Crippen molar-refractivity contribution in [2.45, 2.75) is 19.8 Å². The highest BCUT2D eigenvalue weighted by molar-refractivity contribution is 7.80. The molecule has 6 nitrogen and oxygen atoms in total. The zero-order valence-electron chi connectivity index (χ0n) is 31.5. The van der Waals surface area contributed by atoms with Gasteiger partial charge in [-0.3, -0.25) is 0 Å². The van der Waals surface area contributed by atoms with Crippen molar-refractivity contribution in [3.63, 3.8) is 0 Å². The van der Waals surface area contributed by atoms with E-state index in [4.69, 9.17) is 18.9 Å². The first kappa shape index (κ1) is 40.5. The van der Waals surface area contributed by atoms with Gasteiger partial charge in [0.2, 0.25) is 5.82 Å². The van der Waals surface area contributed by atoms with E-state index in [1.54, 1.807) is 109 Å². The summed E-state index contributed by atoms with van der Waals surface area (Å²) in [6.07, 6.45) is -0.0746. The molecule has 0 radical (unpaired) electrons. The molecule has 0 aliphatic rings. The molecule has 7 aromatic rings. The van der Waals surface area contributed by atoms with Crippen LogP contribution in [0.2, 0.25) is 0 Å². The number of Topliss-reactive ketones (excluding diaryl/α,β-unsaturated/α-hetero) is 1. The monoisotopic (exact) mass is 820 g/mol. The molecule has 0 heterocycles. The number of benzene rings is 7. The van der Waals surface area contributed by atoms with Crippen LogP contribution in [0.5, 0.6) is 46.0 Å². The maximum absolute atomic E-state index is 15.8. The largest absolute Gasteiger partial charge is 0.507 e. The number of ether oxygens (including phenoxy) is 4. The number of rotatable bonds is 14. The molecule has 7 rings (SSSR count). The number of methoxy groups -OCH3 is 1. The van der Waals surface area contributed by atoms with E-state index in [0.29, 0.717) is 27.9 Å². The third-order valence-electron chi connectivity index (χ3n) is 9.14. The molecule has 0 aliphatic carbocycles. The van der Waals surface area contributed by atoms with Crippen molar-refractivity contribution in [3.8, 4) is 57.1 Å². The van der Waals surface area contributed by atoms with E-state index in [2.05, 4.69) is 0 Å². The maximum atomic E-state index is 15.8. The van der Waals surface area contributed by atoms with E-state index in [1.165, 1.54) is 20.1 Å². The Labute approximate surface area is 337 Å². The van der Waals surface area contributed by atoms with E-state index < -0.39 is 53.9 Å². The maximum Gasteiger partial charge on any atom is 0.200 e. The molecule has 0 bridgehead atoms. The van der Waals surface area contributed by atoms with Gasteiger partial charge in [0.15, 0.2) is 23.3 Å². The van der Waals surface area contributed by atoms with Crippen LogP contribution in [0, 0.1) is 29.1 Å². The van der Waals surface area contributed by atoms with E-state index in [9.17, 15) is 23.1 Å². The van der Waals surface area contributed by atoms with E-state index in [1.807, 2.05) is 18.2 Å². The lowest BCUT2D eigenvalue weighted by Gasteiger charge is -2.29. The predicted molar refractivity (Wildman–Crippen MR) is 217 cm³/mol. The normalized spacial score (nSPS) is 11.5. The van der Waals surface area contributed by atoms with Crippen molar-refractivity contribution in [1.29, 1.82) is 0 Å². The summed E-state index contributed by atoms with van der Waals surface area (Å²) in [6.45, 7) is 1.35. The molecule has 1 unspecified atom stereocenters. The van der Waals surface area contributed by atoms with Crippen LogP contribution >= 0.6 is 7.92 Å². The van der Waals surface area contributed by atoms with Crippen molar-refractivity contribution >= 4 is 29.6 Å². The second-order valence-corrected chi connectivity index (χ2v) is 15.2. The van der Waals surface area contributed by atoms with Gasteiger partial charge in [-0.25, -0.2) is 22.0 Å². The summed E-state index contributed by atoms with van der Waals surface area (Å²) < 4.78 is 101. The molecule has 0 aromatic heterocycles. The molecule has 1 atom stereocenters. The van der Waals surface area contributed by atoms with E-state index in [-0.39, 0.29) is 52.5 Å². The number of para-hydroxylation sites is 3. The fourth-order valence-electron chi connectivity index (χ4n) is 6.40. The van der Waals surface area contributed by atoms with Gasteiger partial charge in [-0.1, -0.05) is 66.7 Å². The van der Waals surface area contributed by atoms with Crippen LogP contribution < -0.4 is 34.9 Å². The number of phenolic OH excluding ortho intramolecular Hbond substituents is 1. The standard InChI is InChI=1S/C47H34F5O6P/c1-28(53)24-25-29-26-33(39-40(48)42(50)44(52)43(51)41(39)49)45(54)38(27-29)59(46-34(55-2)20-12-21-35(46)56-30-14-6-3-7-15-30)47-36(57-31-16-8-4-9-17-31)22-13-23-37(47)58-32-18-10-5-11-19-32/h3-23,26-27,54H,24-25H2,1-2H3. The van der Waals surface area contributed by atoms with Crippen LogP contribution in [0.3, 0.4) is 0 Å². The van der Waals surface area contributed by atoms with Crippen molar-refractivity contribution in [3.05, 3.63) is 174 Å². The number of phenols is 1. The number of hydrogen-bond donors (Lipinski definition) is 1. The molecule has 0 saturated carbocycles. The Morgan fingerprint density at radius 2 is 0.966 bits per heavy atom. The van der Waals surface area contributed by atoms with Gasteiger partial charge in [0.25, 0.3) is 0 Å². The summed E-state index contributed by atoms with van der Waals surface area (Å²) in [6, 6.07) is 39.1. The summed E-state index contributed by atoms with van der Waals surface area (Å²) in [5.41, 5.74) is -1.81. The lowest BCUT2D eigenvalue weighted by atomic mass is 9.97. The number of carbonyl (C=O) groups is 1. The van der Waals surface area contributed by atoms with Crippen LogP contribution in [0.25, 0.3) is 11.1 Å². The third-order valence-corrected chi connectivity index (χ3v) is 11.7. The number of ketones is 1. The number of hydrogen-bond acceptors (Lipinski definition) is 6. The summed E-state index contributed by atoms with van der Waals surface area (Å²) in [4.78, 5) is 12.3. The molecule has 0 fully saturated rings. The number of carbonyl (C=O) groups excluding carboxylic acids is 1. The highest BCUT2D eigenvalue weighted by Crippen LogP contribution is 2.51. The Balaban J connectivity index is 1.62. The fraction of sp³-hybridized carbons (Fsp3) is 0.0851.